The molecule has 3 aromatic carbocycles. The number of hydrazone groups is 1. The van der Waals surface area contributed by atoms with E-state index in [4.69, 9.17) is 5.10 Å². The van der Waals surface area contributed by atoms with Crippen LogP contribution < -0.4 is 4.90 Å². The van der Waals surface area contributed by atoms with Crippen molar-refractivity contribution in [3.63, 3.8) is 0 Å². The monoisotopic (exact) mass is 572 g/mol. The number of anilines is 1. The van der Waals surface area contributed by atoms with Crippen molar-refractivity contribution in [3.8, 4) is 0 Å². The van der Waals surface area contributed by atoms with Crippen molar-refractivity contribution in [2.45, 2.75) is 51.2 Å². The van der Waals surface area contributed by atoms with E-state index < -0.39 is 23.9 Å². The lowest BCUT2D eigenvalue weighted by molar-refractivity contribution is -0.136. The van der Waals surface area contributed by atoms with Gasteiger partial charge in [-0.1, -0.05) is 83.1 Å². The number of fused-ring (bicyclic) bond motifs is 2. The number of carbonyl (C=O) groups excluding carboxylic acids is 3. The van der Waals surface area contributed by atoms with Gasteiger partial charge in [0.2, 0.25) is 0 Å². The van der Waals surface area contributed by atoms with E-state index >= 15 is 0 Å². The van der Waals surface area contributed by atoms with Gasteiger partial charge in [0.1, 0.15) is 6.54 Å². The zero-order valence-corrected chi connectivity index (χ0v) is 24.1. The van der Waals surface area contributed by atoms with Crippen LogP contribution in [0.25, 0.3) is 6.08 Å². The molecule has 3 heterocycles. The predicted molar refractivity (Wildman–Crippen MR) is 163 cm³/mol. The summed E-state index contributed by atoms with van der Waals surface area (Å²) in [5, 5.41) is 16.2. The molecule has 0 bridgehead atoms. The first kappa shape index (κ1) is 26.9. The lowest BCUT2D eigenvalue weighted by atomic mass is 9.77. The number of nitrogens with zero attached hydrogens (tertiary/aromatic N) is 6. The lowest BCUT2D eigenvalue weighted by Crippen LogP contribution is -2.45. The minimum atomic E-state index is -0.968. The van der Waals surface area contributed by atoms with Crippen LogP contribution in [0, 0.1) is 19.8 Å². The van der Waals surface area contributed by atoms with Crippen molar-refractivity contribution in [2.24, 2.45) is 21.4 Å². The van der Waals surface area contributed by atoms with Crippen molar-refractivity contribution in [3.05, 3.63) is 107 Å². The van der Waals surface area contributed by atoms with E-state index in [-0.39, 0.29) is 24.4 Å². The van der Waals surface area contributed by atoms with Crippen LogP contribution >= 0.6 is 0 Å². The van der Waals surface area contributed by atoms with Crippen molar-refractivity contribution >= 4 is 35.2 Å². The van der Waals surface area contributed by atoms with Gasteiger partial charge in [0, 0.05) is 5.92 Å². The maximum absolute atomic E-state index is 14.1. The summed E-state index contributed by atoms with van der Waals surface area (Å²) < 4.78 is 0. The van der Waals surface area contributed by atoms with Crippen molar-refractivity contribution in [1.29, 1.82) is 0 Å². The number of benzene rings is 3. The fraction of sp³-hybridized carbons (Fsp3) is 0.294. The molecule has 3 aromatic rings. The Morgan fingerprint density at radius 2 is 1.58 bits per heavy atom. The Morgan fingerprint density at radius 3 is 2.30 bits per heavy atom. The molecule has 9 heteroatoms. The summed E-state index contributed by atoms with van der Waals surface area (Å²) in [6.45, 7) is 3.90. The quantitative estimate of drug-likeness (QED) is 0.381. The maximum atomic E-state index is 14.1. The molecule has 7 rings (SSSR count). The van der Waals surface area contributed by atoms with E-state index in [1.165, 1.54) is 10.6 Å². The van der Waals surface area contributed by atoms with Crippen molar-refractivity contribution in [2.75, 3.05) is 11.4 Å². The molecule has 0 spiro atoms. The first-order valence-electron chi connectivity index (χ1n) is 14.7. The van der Waals surface area contributed by atoms with Crippen LogP contribution in [0.15, 0.2) is 99.9 Å². The minimum absolute atomic E-state index is 0.0494. The first-order valence-corrected chi connectivity index (χ1v) is 14.7. The van der Waals surface area contributed by atoms with Gasteiger partial charge in [-0.25, -0.2) is 9.91 Å². The third-order valence-corrected chi connectivity index (χ3v) is 8.76. The Hall–Kier alpha value is -4.92. The first-order chi connectivity index (χ1) is 20.9. The molecular weight excluding hydrogens is 540 g/mol. The van der Waals surface area contributed by atoms with Gasteiger partial charge in [-0.05, 0) is 68.0 Å². The highest BCUT2D eigenvalue weighted by atomic mass is 16.2. The number of carbonyl (C=O) groups is 3. The van der Waals surface area contributed by atoms with E-state index in [2.05, 4.69) is 71.9 Å². The third-order valence-electron chi connectivity index (χ3n) is 8.76. The lowest BCUT2D eigenvalue weighted by Gasteiger charge is -2.30. The number of amides is 3. The van der Waals surface area contributed by atoms with Crippen LogP contribution in [0.5, 0.6) is 0 Å². The Balaban J connectivity index is 1.19. The normalized spacial score (nSPS) is 25.4. The van der Waals surface area contributed by atoms with Gasteiger partial charge in [-0.2, -0.15) is 10.2 Å². The van der Waals surface area contributed by atoms with Gasteiger partial charge >= 0.3 is 0 Å². The molecule has 3 amide bonds. The number of rotatable bonds is 5. The van der Waals surface area contributed by atoms with E-state index in [1.54, 1.807) is 29.3 Å². The average molecular weight is 573 g/mol. The standard InChI is InChI=1S/C34H32N6O3/c1-21-11-15-23(16-12-21)19-25-7-6-10-27-29(25)36-40(31(27)24-17-13-22(2)14-18-24)28(41)20-38-32-30(35-37-38)33(42)39(34(32)43)26-8-4-3-5-9-26/h3-5,8-9,11-19,27,30-32H,6-7,10,20H2,1-2H3/b25-19+/t27-,30-,31+,32+/m0/s1. The van der Waals surface area contributed by atoms with Crippen molar-refractivity contribution < 1.29 is 14.4 Å². The maximum Gasteiger partial charge on any atom is 0.264 e. The highest BCUT2D eigenvalue weighted by Crippen LogP contribution is 2.45. The van der Waals surface area contributed by atoms with Gasteiger partial charge in [-0.3, -0.25) is 19.4 Å². The molecule has 0 N–H and O–H groups in total. The summed E-state index contributed by atoms with van der Waals surface area (Å²) in [5.74, 6) is -1.11. The van der Waals surface area contributed by atoms with Gasteiger partial charge in [0.05, 0.1) is 17.4 Å². The number of para-hydroxylation sites is 1. The molecule has 9 nitrogen and oxygen atoms in total. The fourth-order valence-electron chi connectivity index (χ4n) is 6.56. The highest BCUT2D eigenvalue weighted by Gasteiger charge is 2.55. The van der Waals surface area contributed by atoms with Gasteiger partial charge in [0.25, 0.3) is 17.7 Å². The van der Waals surface area contributed by atoms with Crippen LogP contribution in [-0.4, -0.2) is 52.1 Å². The number of hydrogen-bond acceptors (Lipinski definition) is 7. The number of allylic oxidation sites excluding steroid dienone is 1. The summed E-state index contributed by atoms with van der Waals surface area (Å²) in [5.41, 5.74) is 7.03. The van der Waals surface area contributed by atoms with E-state index in [9.17, 15) is 14.4 Å². The number of hydrogen-bond donors (Lipinski definition) is 0. The van der Waals surface area contributed by atoms with Crippen LogP contribution in [0.2, 0.25) is 0 Å². The molecule has 0 radical (unpaired) electrons. The molecule has 216 valence electrons. The summed E-state index contributed by atoms with van der Waals surface area (Å²) in [6.07, 6.45) is 4.99. The second kappa shape index (κ2) is 10.7. The summed E-state index contributed by atoms with van der Waals surface area (Å²) in [6, 6.07) is 23.2. The van der Waals surface area contributed by atoms with Crippen LogP contribution in [0.3, 0.4) is 0 Å². The Kier molecular flexibility index (Phi) is 6.72. The molecule has 1 aliphatic carbocycles. The van der Waals surface area contributed by atoms with Gasteiger partial charge in [-0.15, -0.1) is 0 Å². The van der Waals surface area contributed by atoms with Crippen LogP contribution in [0.4, 0.5) is 5.69 Å². The smallest absolute Gasteiger partial charge is 0.264 e. The Morgan fingerprint density at radius 1 is 0.884 bits per heavy atom. The summed E-state index contributed by atoms with van der Waals surface area (Å²) >= 11 is 0. The van der Waals surface area contributed by atoms with E-state index in [0.29, 0.717) is 5.69 Å². The molecule has 3 aliphatic heterocycles. The average Bonchev–Trinajstić information content (AvgIpc) is 3.68. The highest BCUT2D eigenvalue weighted by molar-refractivity contribution is 6.25. The summed E-state index contributed by atoms with van der Waals surface area (Å²) in [4.78, 5) is 41.8. The number of imide groups is 1. The predicted octanol–water partition coefficient (Wildman–Crippen LogP) is 5.42. The molecule has 4 atom stereocenters. The Bertz CT molecular complexity index is 1680. The second-order valence-electron chi connectivity index (χ2n) is 11.7. The van der Waals surface area contributed by atoms with Crippen LogP contribution in [0.1, 0.15) is 47.6 Å². The molecule has 2 fully saturated rings. The zero-order chi connectivity index (χ0) is 29.7. The van der Waals surface area contributed by atoms with E-state index in [0.717, 1.165) is 52.1 Å². The minimum Gasteiger partial charge on any atom is -0.271 e. The largest absolute Gasteiger partial charge is 0.271 e. The topological polar surface area (TPSA) is 98.0 Å². The molecule has 1 saturated carbocycles. The fourth-order valence-corrected chi connectivity index (χ4v) is 6.56. The zero-order valence-electron chi connectivity index (χ0n) is 24.1. The Labute approximate surface area is 250 Å². The molecule has 1 saturated heterocycles. The van der Waals surface area contributed by atoms with Gasteiger partial charge in [0.15, 0.2) is 12.1 Å². The number of aryl methyl sites for hydroxylation is 2. The molecule has 0 aromatic heterocycles. The third kappa shape index (κ3) is 4.74. The molecule has 43 heavy (non-hydrogen) atoms. The molecular formula is C34H32N6O3. The van der Waals surface area contributed by atoms with Crippen LogP contribution in [-0.2, 0) is 14.4 Å². The second-order valence-corrected chi connectivity index (χ2v) is 11.7. The summed E-state index contributed by atoms with van der Waals surface area (Å²) in [7, 11) is 0. The SMILES string of the molecule is Cc1ccc(/C=C2\CCC[C@H]3C2=NN(C(=O)CN2N=N[C@@H]4C(=O)N(c5ccccc5)C(=O)[C@@H]42)[C@@H]3c2ccc(C)cc2)cc1. The van der Waals surface area contributed by atoms with Gasteiger partial charge < -0.3 is 0 Å². The molecule has 4 aliphatic rings. The van der Waals surface area contributed by atoms with E-state index in [1.807, 2.05) is 13.0 Å². The van der Waals surface area contributed by atoms with Crippen molar-refractivity contribution in [1.82, 2.24) is 10.0 Å². The molecule has 0 unspecified atom stereocenters.